The molecule has 0 aromatic rings. The molecule has 2 N–H and O–H groups in total. The fourth-order valence-corrected chi connectivity index (χ4v) is 0.816. The number of hydrogen-bond donors (Lipinski definition) is 2. The van der Waals surface area contributed by atoms with Crippen molar-refractivity contribution in [2.45, 2.75) is 39.4 Å². The first kappa shape index (κ1) is 12.9. The fourth-order valence-electron chi connectivity index (χ4n) is 0.816. The molecule has 2 unspecified atom stereocenters. The molecular formula is C10H23NO2. The molecule has 0 amide bonds. The van der Waals surface area contributed by atoms with Gasteiger partial charge in [-0.3, -0.25) is 0 Å². The van der Waals surface area contributed by atoms with Crippen LogP contribution >= 0.6 is 0 Å². The second kappa shape index (κ2) is 5.58. The van der Waals surface area contributed by atoms with Crippen molar-refractivity contribution in [3.63, 3.8) is 0 Å². The highest BCUT2D eigenvalue weighted by atomic mass is 16.5. The first-order chi connectivity index (χ1) is 5.90. The predicted octanol–water partition coefficient (Wildman–Crippen LogP) is 1.02. The highest BCUT2D eigenvalue weighted by Crippen LogP contribution is 2.14. The molecule has 0 saturated carbocycles. The second-order valence-electron chi connectivity index (χ2n) is 4.19. The SMILES string of the molecule is COC(C)CNCC(C)(O)C(C)C. The minimum atomic E-state index is -0.631. The van der Waals surface area contributed by atoms with Gasteiger partial charge in [-0.2, -0.15) is 0 Å². The molecule has 0 radical (unpaired) electrons. The Morgan fingerprint density at radius 1 is 1.38 bits per heavy atom. The van der Waals surface area contributed by atoms with Gasteiger partial charge in [0.2, 0.25) is 0 Å². The summed E-state index contributed by atoms with van der Waals surface area (Å²) >= 11 is 0. The van der Waals surface area contributed by atoms with Crippen molar-refractivity contribution in [1.82, 2.24) is 5.32 Å². The van der Waals surface area contributed by atoms with E-state index in [4.69, 9.17) is 4.74 Å². The zero-order chi connectivity index (χ0) is 10.5. The third-order valence-corrected chi connectivity index (χ3v) is 2.56. The number of methoxy groups -OCH3 is 1. The highest BCUT2D eigenvalue weighted by Gasteiger charge is 2.24. The van der Waals surface area contributed by atoms with Gasteiger partial charge in [0.15, 0.2) is 0 Å². The average Bonchev–Trinajstić information content (AvgIpc) is 2.03. The number of ether oxygens (including phenoxy) is 1. The van der Waals surface area contributed by atoms with Crippen molar-refractivity contribution >= 4 is 0 Å². The summed E-state index contributed by atoms with van der Waals surface area (Å²) in [6.07, 6.45) is 0.197. The summed E-state index contributed by atoms with van der Waals surface area (Å²) < 4.78 is 5.08. The molecule has 0 aliphatic rings. The molecule has 13 heavy (non-hydrogen) atoms. The monoisotopic (exact) mass is 189 g/mol. The Morgan fingerprint density at radius 2 is 1.92 bits per heavy atom. The topological polar surface area (TPSA) is 41.5 Å². The van der Waals surface area contributed by atoms with E-state index in [0.717, 1.165) is 6.54 Å². The quantitative estimate of drug-likeness (QED) is 0.655. The van der Waals surface area contributed by atoms with Crippen molar-refractivity contribution in [3.8, 4) is 0 Å². The van der Waals surface area contributed by atoms with E-state index >= 15 is 0 Å². The van der Waals surface area contributed by atoms with Crippen LogP contribution in [0.5, 0.6) is 0 Å². The van der Waals surface area contributed by atoms with Crippen molar-refractivity contribution in [1.29, 1.82) is 0 Å². The van der Waals surface area contributed by atoms with E-state index in [-0.39, 0.29) is 12.0 Å². The van der Waals surface area contributed by atoms with Crippen LogP contribution in [0.3, 0.4) is 0 Å². The summed E-state index contributed by atoms with van der Waals surface area (Å²) in [6.45, 7) is 9.26. The standard InChI is InChI=1S/C10H23NO2/c1-8(2)10(4,12)7-11-6-9(3)13-5/h8-9,11-12H,6-7H2,1-5H3. The lowest BCUT2D eigenvalue weighted by molar-refractivity contribution is 0.0106. The van der Waals surface area contributed by atoms with E-state index in [9.17, 15) is 5.11 Å². The molecule has 0 spiro atoms. The van der Waals surface area contributed by atoms with Gasteiger partial charge in [-0.05, 0) is 19.8 Å². The van der Waals surface area contributed by atoms with Crippen molar-refractivity contribution in [2.75, 3.05) is 20.2 Å². The van der Waals surface area contributed by atoms with Gasteiger partial charge in [0.1, 0.15) is 0 Å². The van der Waals surface area contributed by atoms with Crippen LogP contribution in [0.15, 0.2) is 0 Å². The third kappa shape index (κ3) is 5.24. The van der Waals surface area contributed by atoms with Gasteiger partial charge in [0.25, 0.3) is 0 Å². The number of nitrogens with one attached hydrogen (secondary N) is 1. The summed E-state index contributed by atoms with van der Waals surface area (Å²) in [5.41, 5.74) is -0.631. The van der Waals surface area contributed by atoms with Crippen molar-refractivity contribution in [3.05, 3.63) is 0 Å². The predicted molar refractivity (Wildman–Crippen MR) is 54.8 cm³/mol. The van der Waals surface area contributed by atoms with Gasteiger partial charge < -0.3 is 15.2 Å². The van der Waals surface area contributed by atoms with Crippen LogP contribution in [-0.4, -0.2) is 37.0 Å². The second-order valence-corrected chi connectivity index (χ2v) is 4.19. The van der Waals surface area contributed by atoms with Gasteiger partial charge in [0.05, 0.1) is 11.7 Å². The largest absolute Gasteiger partial charge is 0.389 e. The summed E-state index contributed by atoms with van der Waals surface area (Å²) in [5.74, 6) is 0.262. The van der Waals surface area contributed by atoms with E-state index in [0.29, 0.717) is 6.54 Å². The molecule has 0 fully saturated rings. The molecular weight excluding hydrogens is 166 g/mol. The molecule has 0 aromatic heterocycles. The Balaban J connectivity index is 3.63. The molecule has 3 heteroatoms. The smallest absolute Gasteiger partial charge is 0.0766 e. The summed E-state index contributed by atoms with van der Waals surface area (Å²) in [5, 5.41) is 13.1. The van der Waals surface area contributed by atoms with Gasteiger partial charge in [0, 0.05) is 20.2 Å². The molecule has 80 valence electrons. The first-order valence-electron chi connectivity index (χ1n) is 4.86. The minimum Gasteiger partial charge on any atom is -0.389 e. The molecule has 0 heterocycles. The Bertz CT molecular complexity index is 135. The normalized spacial score (nSPS) is 18.7. The van der Waals surface area contributed by atoms with Crippen LogP contribution in [0.1, 0.15) is 27.7 Å². The molecule has 0 aliphatic heterocycles. The van der Waals surface area contributed by atoms with Crippen molar-refractivity contribution < 1.29 is 9.84 Å². The maximum absolute atomic E-state index is 9.87. The number of aliphatic hydroxyl groups is 1. The first-order valence-corrected chi connectivity index (χ1v) is 4.86. The van der Waals surface area contributed by atoms with E-state index in [1.807, 2.05) is 27.7 Å². The molecule has 0 aliphatic carbocycles. The van der Waals surface area contributed by atoms with E-state index in [1.54, 1.807) is 7.11 Å². The van der Waals surface area contributed by atoms with Crippen LogP contribution in [0.4, 0.5) is 0 Å². The third-order valence-electron chi connectivity index (χ3n) is 2.56. The minimum absolute atomic E-state index is 0.197. The Morgan fingerprint density at radius 3 is 2.31 bits per heavy atom. The molecule has 0 bridgehead atoms. The van der Waals surface area contributed by atoms with Crippen LogP contribution in [0, 0.1) is 5.92 Å². The zero-order valence-electron chi connectivity index (χ0n) is 9.42. The lowest BCUT2D eigenvalue weighted by atomic mass is 9.92. The Hall–Kier alpha value is -0.120. The van der Waals surface area contributed by atoms with Gasteiger partial charge >= 0.3 is 0 Å². The average molecular weight is 189 g/mol. The van der Waals surface area contributed by atoms with Crippen LogP contribution < -0.4 is 5.32 Å². The van der Waals surface area contributed by atoms with Gasteiger partial charge in [-0.25, -0.2) is 0 Å². The zero-order valence-corrected chi connectivity index (χ0v) is 9.42. The van der Waals surface area contributed by atoms with E-state index < -0.39 is 5.60 Å². The molecule has 3 nitrogen and oxygen atoms in total. The van der Waals surface area contributed by atoms with Crippen molar-refractivity contribution in [2.24, 2.45) is 5.92 Å². The molecule has 0 rings (SSSR count). The maximum atomic E-state index is 9.87. The summed E-state index contributed by atoms with van der Waals surface area (Å²) in [6, 6.07) is 0. The summed E-state index contributed by atoms with van der Waals surface area (Å²) in [7, 11) is 1.69. The van der Waals surface area contributed by atoms with Gasteiger partial charge in [-0.15, -0.1) is 0 Å². The van der Waals surface area contributed by atoms with Gasteiger partial charge in [-0.1, -0.05) is 13.8 Å². The fraction of sp³-hybridized carbons (Fsp3) is 1.00. The van der Waals surface area contributed by atoms with Crippen LogP contribution in [-0.2, 0) is 4.74 Å². The molecule has 0 aromatic carbocycles. The lowest BCUT2D eigenvalue weighted by Crippen LogP contribution is -2.44. The van der Waals surface area contributed by atoms with E-state index in [2.05, 4.69) is 5.32 Å². The lowest BCUT2D eigenvalue weighted by Gasteiger charge is -2.28. The van der Waals surface area contributed by atoms with Crippen LogP contribution in [0.25, 0.3) is 0 Å². The van der Waals surface area contributed by atoms with Crippen LogP contribution in [0.2, 0.25) is 0 Å². The number of rotatable bonds is 6. The maximum Gasteiger partial charge on any atom is 0.0766 e. The summed E-state index contributed by atoms with van der Waals surface area (Å²) in [4.78, 5) is 0. The number of hydrogen-bond acceptors (Lipinski definition) is 3. The molecule has 0 saturated heterocycles. The Labute approximate surface area is 81.5 Å². The highest BCUT2D eigenvalue weighted by molar-refractivity contribution is 4.79. The Kier molecular flexibility index (Phi) is 5.53. The van der Waals surface area contributed by atoms with E-state index in [1.165, 1.54) is 0 Å². The molecule has 2 atom stereocenters.